The average molecular weight is 467 g/mol. The van der Waals surface area contributed by atoms with E-state index in [-0.39, 0.29) is 43.6 Å². The Kier molecular flexibility index (Phi) is 13.7. The number of rotatable bonds is 16. The summed E-state index contributed by atoms with van der Waals surface area (Å²) in [5.74, 6) is -1.03. The lowest BCUT2D eigenvalue weighted by atomic mass is 10.0. The third-order valence-electron chi connectivity index (χ3n) is 5.19. The summed E-state index contributed by atoms with van der Waals surface area (Å²) in [6.07, 6.45) is 1.51. The standard InChI is InChI=1S/C23H38N4O6/c1-5-11-27(17-23(30)33-4)20(13-18-6-8-19(24)9-7-18)15-26(16-22(29)32-3)12-10-25-14-21(28)31-2/h6-9,20,25H,5,10-17,24H2,1-4H3. The highest BCUT2D eigenvalue weighted by Gasteiger charge is 2.25. The van der Waals surface area contributed by atoms with Crippen LogP contribution >= 0.6 is 0 Å². The van der Waals surface area contributed by atoms with E-state index in [1.165, 1.54) is 21.3 Å². The van der Waals surface area contributed by atoms with Crippen LogP contribution in [0.3, 0.4) is 0 Å². The molecule has 186 valence electrons. The van der Waals surface area contributed by atoms with E-state index in [1.807, 2.05) is 36.1 Å². The number of benzene rings is 1. The largest absolute Gasteiger partial charge is 0.468 e. The van der Waals surface area contributed by atoms with Gasteiger partial charge in [-0.25, -0.2) is 0 Å². The van der Waals surface area contributed by atoms with E-state index < -0.39 is 0 Å². The van der Waals surface area contributed by atoms with Crippen molar-refractivity contribution < 1.29 is 28.6 Å². The van der Waals surface area contributed by atoms with Crippen molar-refractivity contribution in [2.45, 2.75) is 25.8 Å². The minimum absolute atomic E-state index is 0.0714. The molecule has 1 aromatic rings. The molecular formula is C23H38N4O6. The van der Waals surface area contributed by atoms with Crippen LogP contribution < -0.4 is 11.1 Å². The van der Waals surface area contributed by atoms with E-state index in [0.717, 1.165) is 12.0 Å². The Morgan fingerprint density at radius 2 is 1.55 bits per heavy atom. The van der Waals surface area contributed by atoms with Gasteiger partial charge in [0.1, 0.15) is 0 Å². The lowest BCUT2D eigenvalue weighted by Crippen LogP contribution is -2.50. The number of anilines is 1. The van der Waals surface area contributed by atoms with Crippen LogP contribution in [-0.4, -0.2) is 101 Å². The number of nitrogens with two attached hydrogens (primary N) is 1. The predicted molar refractivity (Wildman–Crippen MR) is 126 cm³/mol. The molecule has 0 radical (unpaired) electrons. The van der Waals surface area contributed by atoms with Crippen molar-refractivity contribution in [2.24, 2.45) is 0 Å². The van der Waals surface area contributed by atoms with Crippen molar-refractivity contribution in [1.29, 1.82) is 0 Å². The number of nitrogen functional groups attached to an aromatic ring is 1. The SMILES string of the molecule is CCCN(CC(=O)OC)C(Cc1ccc(N)cc1)CN(CCNCC(=O)OC)CC(=O)OC. The van der Waals surface area contributed by atoms with Crippen molar-refractivity contribution in [3.63, 3.8) is 0 Å². The van der Waals surface area contributed by atoms with E-state index in [0.29, 0.717) is 38.3 Å². The minimum atomic E-state index is -0.358. The van der Waals surface area contributed by atoms with Crippen molar-refractivity contribution >= 4 is 23.6 Å². The zero-order chi connectivity index (χ0) is 24.6. The van der Waals surface area contributed by atoms with E-state index in [1.54, 1.807) is 0 Å². The van der Waals surface area contributed by atoms with Crippen LogP contribution in [0.4, 0.5) is 5.69 Å². The number of nitrogens with zero attached hydrogens (tertiary/aromatic N) is 2. The second kappa shape index (κ2) is 16.0. The molecule has 0 saturated carbocycles. The second-order valence-electron chi connectivity index (χ2n) is 7.71. The van der Waals surface area contributed by atoms with Gasteiger partial charge in [-0.05, 0) is 37.1 Å². The highest BCUT2D eigenvalue weighted by molar-refractivity contribution is 5.72. The Morgan fingerprint density at radius 3 is 2.12 bits per heavy atom. The highest BCUT2D eigenvalue weighted by Crippen LogP contribution is 2.14. The van der Waals surface area contributed by atoms with Gasteiger partial charge in [-0.1, -0.05) is 19.1 Å². The maximum Gasteiger partial charge on any atom is 0.319 e. The van der Waals surface area contributed by atoms with Crippen LogP contribution in [0.2, 0.25) is 0 Å². The zero-order valence-corrected chi connectivity index (χ0v) is 20.2. The molecule has 0 aliphatic heterocycles. The summed E-state index contributed by atoms with van der Waals surface area (Å²) in [5.41, 5.74) is 7.58. The molecule has 0 aliphatic carbocycles. The molecule has 1 unspecified atom stereocenters. The highest BCUT2D eigenvalue weighted by atomic mass is 16.5. The van der Waals surface area contributed by atoms with Crippen LogP contribution in [0.5, 0.6) is 0 Å². The third kappa shape index (κ3) is 11.7. The lowest BCUT2D eigenvalue weighted by molar-refractivity contribution is -0.144. The molecule has 0 bridgehead atoms. The van der Waals surface area contributed by atoms with Gasteiger partial charge >= 0.3 is 17.9 Å². The van der Waals surface area contributed by atoms with Crippen molar-refractivity contribution in [3.05, 3.63) is 29.8 Å². The first kappa shape index (κ1) is 28.3. The molecule has 33 heavy (non-hydrogen) atoms. The first-order chi connectivity index (χ1) is 15.8. The van der Waals surface area contributed by atoms with Gasteiger partial charge in [0.2, 0.25) is 0 Å². The first-order valence-electron chi connectivity index (χ1n) is 11.0. The van der Waals surface area contributed by atoms with Crippen LogP contribution in [0.1, 0.15) is 18.9 Å². The third-order valence-corrected chi connectivity index (χ3v) is 5.19. The normalized spacial score (nSPS) is 11.9. The van der Waals surface area contributed by atoms with E-state index in [4.69, 9.17) is 15.2 Å². The summed E-state index contributed by atoms with van der Waals surface area (Å²) in [4.78, 5) is 39.5. The molecule has 1 rings (SSSR count). The van der Waals surface area contributed by atoms with Gasteiger partial charge in [-0.15, -0.1) is 0 Å². The molecule has 10 nitrogen and oxygen atoms in total. The van der Waals surface area contributed by atoms with Gasteiger partial charge < -0.3 is 25.3 Å². The van der Waals surface area contributed by atoms with E-state index in [9.17, 15) is 14.4 Å². The molecule has 1 atom stereocenters. The smallest absolute Gasteiger partial charge is 0.319 e. The van der Waals surface area contributed by atoms with Gasteiger partial charge in [0.25, 0.3) is 0 Å². The fourth-order valence-corrected chi connectivity index (χ4v) is 3.42. The van der Waals surface area contributed by atoms with Crippen molar-refractivity contribution in [3.8, 4) is 0 Å². The predicted octanol–water partition coefficient (Wildman–Crippen LogP) is 0.303. The van der Waals surface area contributed by atoms with Gasteiger partial charge in [-0.3, -0.25) is 24.2 Å². The molecule has 3 N–H and O–H groups in total. The zero-order valence-electron chi connectivity index (χ0n) is 20.2. The fraction of sp³-hybridized carbons (Fsp3) is 0.609. The number of carbonyl (C=O) groups is 3. The topological polar surface area (TPSA) is 123 Å². The van der Waals surface area contributed by atoms with Crippen molar-refractivity contribution in [2.75, 3.05) is 72.9 Å². The van der Waals surface area contributed by atoms with Gasteiger partial charge in [0.05, 0.1) is 41.0 Å². The molecule has 0 aromatic heterocycles. The first-order valence-corrected chi connectivity index (χ1v) is 11.0. The van der Waals surface area contributed by atoms with Crippen LogP contribution in [-0.2, 0) is 35.0 Å². The van der Waals surface area contributed by atoms with E-state index >= 15 is 0 Å². The second-order valence-corrected chi connectivity index (χ2v) is 7.71. The summed E-state index contributed by atoms with van der Waals surface area (Å²) in [6.45, 7) is 4.56. The molecule has 1 aromatic carbocycles. The Balaban J connectivity index is 3.03. The summed E-state index contributed by atoms with van der Waals surface area (Å²) < 4.78 is 14.4. The Bertz CT molecular complexity index is 728. The van der Waals surface area contributed by atoms with Gasteiger partial charge in [-0.2, -0.15) is 0 Å². The maximum atomic E-state index is 12.1. The number of methoxy groups -OCH3 is 3. The molecule has 0 amide bonds. The number of hydrogen-bond acceptors (Lipinski definition) is 10. The molecule has 0 aliphatic rings. The Morgan fingerprint density at radius 1 is 0.939 bits per heavy atom. The quantitative estimate of drug-likeness (QED) is 0.152. The lowest BCUT2D eigenvalue weighted by Gasteiger charge is -2.35. The molecule has 0 saturated heterocycles. The van der Waals surface area contributed by atoms with Crippen LogP contribution in [0, 0.1) is 0 Å². The number of esters is 3. The van der Waals surface area contributed by atoms with Gasteiger partial charge in [0, 0.05) is 31.4 Å². The average Bonchev–Trinajstić information content (AvgIpc) is 2.81. The summed E-state index contributed by atoms with van der Waals surface area (Å²) in [5, 5.41) is 3.01. The minimum Gasteiger partial charge on any atom is -0.468 e. The number of nitrogens with one attached hydrogen (secondary N) is 1. The number of ether oxygens (including phenoxy) is 3. The van der Waals surface area contributed by atoms with E-state index in [2.05, 4.69) is 15.0 Å². The summed E-state index contributed by atoms with van der Waals surface area (Å²) in [7, 11) is 4.06. The molecule has 0 fully saturated rings. The number of hydrogen-bond donors (Lipinski definition) is 2. The Hall–Kier alpha value is -2.69. The fourth-order valence-electron chi connectivity index (χ4n) is 3.42. The molecule has 0 spiro atoms. The van der Waals surface area contributed by atoms with Gasteiger partial charge in [0.15, 0.2) is 0 Å². The van der Waals surface area contributed by atoms with Crippen molar-refractivity contribution in [1.82, 2.24) is 15.1 Å². The monoisotopic (exact) mass is 466 g/mol. The summed E-state index contributed by atoms with van der Waals surface area (Å²) >= 11 is 0. The maximum absolute atomic E-state index is 12.1. The summed E-state index contributed by atoms with van der Waals surface area (Å²) in [6, 6.07) is 7.55. The van der Waals surface area contributed by atoms with Crippen LogP contribution in [0.25, 0.3) is 0 Å². The number of carbonyl (C=O) groups excluding carboxylic acids is 3. The van der Waals surface area contributed by atoms with Crippen LogP contribution in [0.15, 0.2) is 24.3 Å². The molecule has 10 heteroatoms. The molecule has 0 heterocycles. The molecular weight excluding hydrogens is 428 g/mol. The Labute approximate surface area is 196 Å².